The predicted molar refractivity (Wildman–Crippen MR) is 102 cm³/mol. The first-order chi connectivity index (χ1) is 13.0. The minimum absolute atomic E-state index is 0.176. The molecule has 2 aromatic heterocycles. The number of nitrogens with one attached hydrogen (secondary N) is 1. The van der Waals surface area contributed by atoms with Gasteiger partial charge in [-0.2, -0.15) is 10.4 Å². The average molecular weight is 429 g/mol. The predicted octanol–water partition coefficient (Wildman–Crippen LogP) is 4.29. The Bertz CT molecular complexity index is 970. The second-order valence-electron chi connectivity index (χ2n) is 5.76. The summed E-state index contributed by atoms with van der Waals surface area (Å²) in [4.78, 5) is 12.4. The molecule has 1 N–H and O–H groups in total. The van der Waals surface area contributed by atoms with Crippen molar-refractivity contribution in [3.8, 4) is 11.8 Å². The molecule has 3 aromatic rings. The van der Waals surface area contributed by atoms with Crippen molar-refractivity contribution < 1.29 is 13.9 Å². The fourth-order valence-corrected chi connectivity index (χ4v) is 2.68. The Hall–Kier alpha value is -3.05. The van der Waals surface area contributed by atoms with Crippen LogP contribution in [0.2, 0.25) is 0 Å². The highest BCUT2D eigenvalue weighted by atomic mass is 79.9. The van der Waals surface area contributed by atoms with E-state index < -0.39 is 0 Å². The van der Waals surface area contributed by atoms with E-state index in [9.17, 15) is 4.79 Å². The van der Waals surface area contributed by atoms with Gasteiger partial charge in [0.05, 0.1) is 24.7 Å². The van der Waals surface area contributed by atoms with Crippen LogP contribution in [-0.2, 0) is 13.2 Å². The number of hydrogen-bond acceptors (Lipinski definition) is 5. The van der Waals surface area contributed by atoms with E-state index in [0.717, 1.165) is 10.2 Å². The number of rotatable bonds is 7. The van der Waals surface area contributed by atoms with Gasteiger partial charge in [0.1, 0.15) is 23.9 Å². The number of carbonyl (C=O) groups excluding carboxylic acids is 1. The Labute approximate surface area is 164 Å². The summed E-state index contributed by atoms with van der Waals surface area (Å²) in [7, 11) is 0. The molecule has 1 amide bonds. The van der Waals surface area contributed by atoms with Crippen LogP contribution in [0.1, 0.15) is 28.4 Å². The van der Waals surface area contributed by atoms with Gasteiger partial charge in [-0.25, -0.2) is 4.68 Å². The monoisotopic (exact) mass is 428 g/mol. The van der Waals surface area contributed by atoms with Crippen molar-refractivity contribution >= 4 is 27.7 Å². The molecule has 0 saturated carbocycles. The third-order valence-electron chi connectivity index (χ3n) is 3.66. The number of ether oxygens (including phenoxy) is 1. The van der Waals surface area contributed by atoms with E-state index in [1.54, 1.807) is 22.9 Å². The van der Waals surface area contributed by atoms with Crippen LogP contribution in [0, 0.1) is 18.3 Å². The molecular weight excluding hydrogens is 412 g/mol. The van der Waals surface area contributed by atoms with Crippen LogP contribution in [0.5, 0.6) is 5.75 Å². The summed E-state index contributed by atoms with van der Waals surface area (Å²) >= 11 is 3.37. The fourth-order valence-electron chi connectivity index (χ4n) is 2.41. The summed E-state index contributed by atoms with van der Waals surface area (Å²) in [5.74, 6) is 1.56. The molecule has 8 heteroatoms. The second kappa shape index (κ2) is 8.56. The van der Waals surface area contributed by atoms with Gasteiger partial charge in [0, 0.05) is 10.5 Å². The van der Waals surface area contributed by atoms with E-state index in [1.807, 2.05) is 31.2 Å². The molecule has 0 aliphatic heterocycles. The van der Waals surface area contributed by atoms with Gasteiger partial charge in [0.2, 0.25) is 0 Å². The zero-order chi connectivity index (χ0) is 19.2. The first-order valence-electron chi connectivity index (χ1n) is 8.25. The zero-order valence-corrected chi connectivity index (χ0v) is 16.2. The zero-order valence-electron chi connectivity index (χ0n) is 14.6. The summed E-state index contributed by atoms with van der Waals surface area (Å²) in [5.41, 5.74) is 0.756. The van der Waals surface area contributed by atoms with Gasteiger partial charge in [0.25, 0.3) is 5.91 Å². The molecule has 0 unspecified atom stereocenters. The Balaban J connectivity index is 1.61. The lowest BCUT2D eigenvalue weighted by atomic mass is 10.3. The van der Waals surface area contributed by atoms with Crippen molar-refractivity contribution in [1.29, 1.82) is 5.26 Å². The number of halogens is 1. The van der Waals surface area contributed by atoms with E-state index in [0.29, 0.717) is 30.3 Å². The lowest BCUT2D eigenvalue weighted by Gasteiger charge is -2.06. The summed E-state index contributed by atoms with van der Waals surface area (Å²) < 4.78 is 13.8. The van der Waals surface area contributed by atoms with Crippen molar-refractivity contribution in [1.82, 2.24) is 9.78 Å². The van der Waals surface area contributed by atoms with E-state index >= 15 is 0 Å². The molecular formula is C19H17BrN4O3. The van der Waals surface area contributed by atoms with Crippen LogP contribution in [0.25, 0.3) is 0 Å². The topological polar surface area (TPSA) is 93.1 Å². The quantitative estimate of drug-likeness (QED) is 0.605. The van der Waals surface area contributed by atoms with Crippen molar-refractivity contribution in [3.05, 3.63) is 64.2 Å². The molecule has 0 radical (unpaired) electrons. The summed E-state index contributed by atoms with van der Waals surface area (Å²) in [6.45, 7) is 2.45. The van der Waals surface area contributed by atoms with Gasteiger partial charge in [0.15, 0.2) is 5.76 Å². The molecule has 2 heterocycles. The van der Waals surface area contributed by atoms with E-state index in [4.69, 9.17) is 14.4 Å². The molecule has 0 saturated heterocycles. The molecule has 7 nitrogen and oxygen atoms in total. The maximum absolute atomic E-state index is 12.4. The highest BCUT2D eigenvalue weighted by Crippen LogP contribution is 2.19. The van der Waals surface area contributed by atoms with Crippen molar-refractivity contribution in [2.24, 2.45) is 0 Å². The van der Waals surface area contributed by atoms with Crippen LogP contribution in [0.3, 0.4) is 0 Å². The number of nitriles is 1. The molecule has 0 bridgehead atoms. The van der Waals surface area contributed by atoms with Crippen molar-refractivity contribution in [2.75, 3.05) is 5.32 Å². The van der Waals surface area contributed by atoms with E-state index in [-0.39, 0.29) is 18.3 Å². The Morgan fingerprint density at radius 3 is 2.85 bits per heavy atom. The Morgan fingerprint density at radius 2 is 2.11 bits per heavy atom. The number of aryl methyl sites for hydroxylation is 2. The molecule has 1 aromatic carbocycles. The first-order valence-corrected chi connectivity index (χ1v) is 9.04. The third-order valence-corrected chi connectivity index (χ3v) is 4.19. The number of benzene rings is 1. The molecule has 0 aliphatic carbocycles. The minimum Gasteiger partial charge on any atom is -0.486 e. The number of carbonyl (C=O) groups is 1. The van der Waals surface area contributed by atoms with Gasteiger partial charge < -0.3 is 14.5 Å². The molecule has 0 spiro atoms. The highest BCUT2D eigenvalue weighted by molar-refractivity contribution is 9.10. The third kappa shape index (κ3) is 4.99. The van der Waals surface area contributed by atoms with Gasteiger partial charge in [-0.3, -0.25) is 4.79 Å². The maximum atomic E-state index is 12.4. The van der Waals surface area contributed by atoms with Gasteiger partial charge in [-0.1, -0.05) is 15.9 Å². The van der Waals surface area contributed by atoms with E-state index in [1.165, 1.54) is 0 Å². The average Bonchev–Trinajstić information content (AvgIpc) is 3.26. The maximum Gasteiger partial charge on any atom is 0.292 e. The Morgan fingerprint density at radius 1 is 1.33 bits per heavy atom. The van der Waals surface area contributed by atoms with Crippen LogP contribution >= 0.6 is 15.9 Å². The first kappa shape index (κ1) is 18.7. The number of hydrogen-bond donors (Lipinski definition) is 1. The second-order valence-corrected chi connectivity index (χ2v) is 6.68. The standard InChI is InChI=1S/C19H17BrN4O3/c1-13-11-18(24(23-13)10-2-9-21)22-19(25)17-8-7-16(27-17)12-26-15-5-3-14(20)4-6-15/h3-8,11H,2,10,12H2,1H3,(H,22,25). The highest BCUT2D eigenvalue weighted by Gasteiger charge is 2.15. The Kier molecular flexibility index (Phi) is 5.94. The van der Waals surface area contributed by atoms with Crippen LogP contribution < -0.4 is 10.1 Å². The molecule has 0 atom stereocenters. The smallest absolute Gasteiger partial charge is 0.292 e. The van der Waals surface area contributed by atoms with Crippen LogP contribution in [0.4, 0.5) is 5.82 Å². The van der Waals surface area contributed by atoms with Crippen molar-refractivity contribution in [3.63, 3.8) is 0 Å². The molecule has 0 aliphatic rings. The number of amides is 1. The van der Waals surface area contributed by atoms with Crippen LogP contribution in [-0.4, -0.2) is 15.7 Å². The molecule has 138 valence electrons. The minimum atomic E-state index is -0.386. The summed E-state index contributed by atoms with van der Waals surface area (Å²) in [6.07, 6.45) is 0.308. The van der Waals surface area contributed by atoms with Gasteiger partial charge >= 0.3 is 0 Å². The number of furan rings is 1. The molecule has 3 rings (SSSR count). The molecule has 27 heavy (non-hydrogen) atoms. The largest absolute Gasteiger partial charge is 0.486 e. The fraction of sp³-hybridized carbons (Fsp3) is 0.211. The van der Waals surface area contributed by atoms with E-state index in [2.05, 4.69) is 32.4 Å². The lowest BCUT2D eigenvalue weighted by Crippen LogP contribution is -2.15. The van der Waals surface area contributed by atoms with Gasteiger partial charge in [-0.05, 0) is 43.3 Å². The normalized spacial score (nSPS) is 10.4. The lowest BCUT2D eigenvalue weighted by molar-refractivity contribution is 0.0991. The van der Waals surface area contributed by atoms with Crippen LogP contribution in [0.15, 0.2) is 51.4 Å². The summed E-state index contributed by atoms with van der Waals surface area (Å²) in [5, 5.41) is 15.8. The van der Waals surface area contributed by atoms with Crippen molar-refractivity contribution in [2.45, 2.75) is 26.5 Å². The SMILES string of the molecule is Cc1cc(NC(=O)c2ccc(COc3ccc(Br)cc3)o2)n(CCC#N)n1. The number of nitrogens with zero attached hydrogens (tertiary/aromatic N) is 3. The number of anilines is 1. The number of aromatic nitrogens is 2. The molecule has 0 fully saturated rings. The summed E-state index contributed by atoms with van der Waals surface area (Å²) in [6, 6.07) is 14.5. The van der Waals surface area contributed by atoms with Gasteiger partial charge in [-0.15, -0.1) is 0 Å².